The Hall–Kier alpha value is -0.220. The summed E-state index contributed by atoms with van der Waals surface area (Å²) < 4.78 is 26.6. The molecule has 1 aliphatic carbocycles. The molecule has 3 atom stereocenters. The minimum absolute atomic E-state index is 0.0930. The quantitative estimate of drug-likeness (QED) is 0.759. The molecule has 0 radical (unpaired) electrons. The first-order valence-electron chi connectivity index (χ1n) is 5.01. The number of alkyl halides is 2. The van der Waals surface area contributed by atoms with E-state index in [9.17, 15) is 13.9 Å². The molecule has 0 bridgehead atoms. The summed E-state index contributed by atoms with van der Waals surface area (Å²) in [5.74, 6) is -2.60. The van der Waals surface area contributed by atoms with Gasteiger partial charge in [0.1, 0.15) is 0 Å². The van der Waals surface area contributed by atoms with Crippen molar-refractivity contribution in [1.82, 2.24) is 4.90 Å². The zero-order valence-corrected chi connectivity index (χ0v) is 9.22. The number of rotatable bonds is 4. The van der Waals surface area contributed by atoms with Crippen LogP contribution >= 0.6 is 0 Å². The van der Waals surface area contributed by atoms with E-state index in [1.165, 1.54) is 0 Å². The number of aliphatic hydroxyl groups excluding tert-OH is 1. The summed E-state index contributed by atoms with van der Waals surface area (Å²) in [6.07, 6.45) is -0.406. The summed E-state index contributed by atoms with van der Waals surface area (Å²) in [7, 11) is 3.48. The Morgan fingerprint density at radius 2 is 1.86 bits per heavy atom. The van der Waals surface area contributed by atoms with E-state index in [2.05, 4.69) is 0 Å². The molecule has 0 aromatic carbocycles. The molecule has 14 heavy (non-hydrogen) atoms. The van der Waals surface area contributed by atoms with E-state index in [1.807, 2.05) is 0 Å². The Morgan fingerprint density at radius 3 is 1.93 bits per heavy atom. The maximum Gasteiger partial charge on any atom is 0.256 e. The molecule has 0 heterocycles. The van der Waals surface area contributed by atoms with Crippen LogP contribution in [0.15, 0.2) is 0 Å². The highest BCUT2D eigenvalue weighted by molar-refractivity contribution is 5.16. The summed E-state index contributed by atoms with van der Waals surface area (Å²) in [5, 5.41) is 9.55. The van der Waals surface area contributed by atoms with Crippen molar-refractivity contribution < 1.29 is 13.9 Å². The Morgan fingerprint density at radius 1 is 1.43 bits per heavy atom. The second-order valence-electron chi connectivity index (χ2n) is 4.54. The fourth-order valence-electron chi connectivity index (χ4n) is 2.65. The fourth-order valence-corrected chi connectivity index (χ4v) is 2.65. The van der Waals surface area contributed by atoms with Crippen LogP contribution < -0.4 is 0 Å². The van der Waals surface area contributed by atoms with Gasteiger partial charge in [0.2, 0.25) is 0 Å². The lowest BCUT2D eigenvalue weighted by Crippen LogP contribution is -2.46. The van der Waals surface area contributed by atoms with Crippen molar-refractivity contribution in [3.63, 3.8) is 0 Å². The van der Waals surface area contributed by atoms with Gasteiger partial charge in [-0.3, -0.25) is 0 Å². The van der Waals surface area contributed by atoms with E-state index in [1.54, 1.807) is 32.8 Å². The van der Waals surface area contributed by atoms with E-state index >= 15 is 0 Å². The van der Waals surface area contributed by atoms with Crippen molar-refractivity contribution >= 4 is 0 Å². The molecule has 84 valence electrons. The second kappa shape index (κ2) is 3.42. The third-order valence-electron chi connectivity index (χ3n) is 3.35. The van der Waals surface area contributed by atoms with Gasteiger partial charge in [-0.1, -0.05) is 6.92 Å². The molecule has 1 rings (SSSR count). The van der Waals surface area contributed by atoms with Gasteiger partial charge in [0.25, 0.3) is 5.92 Å². The molecule has 0 spiro atoms. The predicted molar refractivity (Wildman–Crippen MR) is 51.4 cm³/mol. The molecule has 0 saturated heterocycles. The van der Waals surface area contributed by atoms with Crippen LogP contribution in [0.4, 0.5) is 8.78 Å². The average molecular weight is 207 g/mol. The van der Waals surface area contributed by atoms with Crippen LogP contribution in [-0.2, 0) is 0 Å². The fraction of sp³-hybridized carbons (Fsp3) is 1.00. The zero-order chi connectivity index (χ0) is 11.1. The minimum atomic E-state index is -2.60. The van der Waals surface area contributed by atoms with Crippen LogP contribution in [-0.4, -0.2) is 42.2 Å². The molecule has 0 aromatic rings. The maximum atomic E-state index is 13.3. The lowest BCUT2D eigenvalue weighted by atomic mass is 9.88. The summed E-state index contributed by atoms with van der Waals surface area (Å²) in [6, 6.07) is -0.456. The predicted octanol–water partition coefficient (Wildman–Crippen LogP) is 1.73. The van der Waals surface area contributed by atoms with Crippen molar-refractivity contribution in [2.75, 3.05) is 14.1 Å². The molecule has 1 fully saturated rings. The molecular formula is C10H19F2NO. The third-order valence-corrected chi connectivity index (χ3v) is 3.35. The van der Waals surface area contributed by atoms with E-state index in [4.69, 9.17) is 0 Å². The van der Waals surface area contributed by atoms with Crippen LogP contribution in [0.3, 0.4) is 0 Å². The number of aliphatic hydroxyl groups is 1. The Labute approximate surface area is 83.9 Å². The van der Waals surface area contributed by atoms with Crippen molar-refractivity contribution in [1.29, 1.82) is 0 Å². The van der Waals surface area contributed by atoms with E-state index < -0.39 is 23.5 Å². The monoisotopic (exact) mass is 207 g/mol. The largest absolute Gasteiger partial charge is 0.392 e. The first-order chi connectivity index (χ1) is 6.28. The van der Waals surface area contributed by atoms with Gasteiger partial charge in [0.15, 0.2) is 0 Å². The highest BCUT2D eigenvalue weighted by atomic mass is 19.3. The standard InChI is InChI=1S/C10H19F2NO/c1-5-9(6-10(9,11)12)8(7(2)14)13(3)4/h7-8,14H,5-6H2,1-4H3/t7-,8+,9+/m0/s1. The number of halogens is 2. The molecule has 0 aromatic heterocycles. The number of nitrogens with zero attached hydrogens (tertiary/aromatic N) is 1. The van der Waals surface area contributed by atoms with E-state index in [0.29, 0.717) is 6.42 Å². The van der Waals surface area contributed by atoms with Gasteiger partial charge >= 0.3 is 0 Å². The summed E-state index contributed by atoms with van der Waals surface area (Å²) in [5.41, 5.74) is -1.01. The van der Waals surface area contributed by atoms with Crippen LogP contribution in [0.1, 0.15) is 26.7 Å². The molecule has 1 aliphatic rings. The number of hydrogen-bond donors (Lipinski definition) is 1. The Bertz CT molecular complexity index is 210. The lowest BCUT2D eigenvalue weighted by molar-refractivity contribution is -0.0220. The normalized spacial score (nSPS) is 34.3. The molecule has 0 aliphatic heterocycles. The third kappa shape index (κ3) is 1.54. The van der Waals surface area contributed by atoms with Gasteiger partial charge < -0.3 is 10.0 Å². The molecule has 4 heteroatoms. The summed E-state index contributed by atoms with van der Waals surface area (Å²) in [4.78, 5) is 1.70. The van der Waals surface area contributed by atoms with Gasteiger partial charge in [0, 0.05) is 12.5 Å². The van der Waals surface area contributed by atoms with Crippen molar-refractivity contribution in [3.8, 4) is 0 Å². The Balaban J connectivity index is 2.89. The van der Waals surface area contributed by atoms with Gasteiger partial charge in [-0.05, 0) is 27.4 Å². The lowest BCUT2D eigenvalue weighted by Gasteiger charge is -2.34. The van der Waals surface area contributed by atoms with Crippen LogP contribution in [0.5, 0.6) is 0 Å². The van der Waals surface area contributed by atoms with Gasteiger partial charge in [0.05, 0.1) is 11.5 Å². The summed E-state index contributed by atoms with van der Waals surface area (Å²) >= 11 is 0. The first-order valence-corrected chi connectivity index (χ1v) is 5.01. The molecule has 0 unspecified atom stereocenters. The topological polar surface area (TPSA) is 23.5 Å². The van der Waals surface area contributed by atoms with Gasteiger partial charge in [-0.2, -0.15) is 0 Å². The molecule has 2 nitrogen and oxygen atoms in total. The summed E-state index contributed by atoms with van der Waals surface area (Å²) in [6.45, 7) is 3.34. The van der Waals surface area contributed by atoms with Crippen molar-refractivity contribution in [2.45, 2.75) is 44.8 Å². The van der Waals surface area contributed by atoms with Crippen LogP contribution in [0.25, 0.3) is 0 Å². The van der Waals surface area contributed by atoms with Crippen LogP contribution in [0, 0.1) is 5.41 Å². The average Bonchev–Trinajstić information content (AvgIpc) is 2.53. The van der Waals surface area contributed by atoms with E-state index in [0.717, 1.165) is 0 Å². The van der Waals surface area contributed by atoms with Gasteiger partial charge in [-0.25, -0.2) is 8.78 Å². The first kappa shape index (κ1) is 11.9. The highest BCUT2D eigenvalue weighted by Gasteiger charge is 2.74. The zero-order valence-electron chi connectivity index (χ0n) is 9.22. The number of likely N-dealkylation sites (N-methyl/N-ethyl adjacent to an activating group) is 1. The second-order valence-corrected chi connectivity index (χ2v) is 4.54. The molecule has 1 saturated carbocycles. The molecule has 0 amide bonds. The molecular weight excluding hydrogens is 188 g/mol. The molecule has 1 N–H and O–H groups in total. The number of hydrogen-bond acceptors (Lipinski definition) is 2. The maximum absolute atomic E-state index is 13.3. The highest BCUT2D eigenvalue weighted by Crippen LogP contribution is 2.65. The van der Waals surface area contributed by atoms with Gasteiger partial charge in [-0.15, -0.1) is 0 Å². The van der Waals surface area contributed by atoms with E-state index in [-0.39, 0.29) is 6.42 Å². The van der Waals surface area contributed by atoms with Crippen molar-refractivity contribution in [2.24, 2.45) is 5.41 Å². The minimum Gasteiger partial charge on any atom is -0.392 e. The van der Waals surface area contributed by atoms with Crippen LogP contribution in [0.2, 0.25) is 0 Å². The SMILES string of the molecule is CC[C@]1([C@@H]([C@H](C)O)N(C)C)CC1(F)F. The Kier molecular flexibility index (Phi) is 2.89. The van der Waals surface area contributed by atoms with Crippen molar-refractivity contribution in [3.05, 3.63) is 0 Å². The smallest absolute Gasteiger partial charge is 0.256 e.